The molecule has 1 aliphatic rings. The molecule has 1 aromatic carbocycles. The topological polar surface area (TPSA) is 46.6 Å². The minimum atomic E-state index is -0.180. The van der Waals surface area contributed by atoms with E-state index in [0.717, 1.165) is 28.8 Å². The second kappa shape index (κ2) is 8.58. The molecule has 22 heavy (non-hydrogen) atoms. The van der Waals surface area contributed by atoms with Crippen LogP contribution in [0.1, 0.15) is 19.8 Å². The van der Waals surface area contributed by atoms with E-state index in [2.05, 4.69) is 15.9 Å². The van der Waals surface area contributed by atoms with E-state index in [0.29, 0.717) is 18.9 Å². The molecular weight excluding hydrogens is 366 g/mol. The number of benzene rings is 1. The predicted octanol–water partition coefficient (Wildman–Crippen LogP) is 3.34. The third-order valence-corrected chi connectivity index (χ3v) is 5.10. The summed E-state index contributed by atoms with van der Waals surface area (Å²) >= 11 is 4.92. The van der Waals surface area contributed by atoms with Gasteiger partial charge in [-0.15, -0.1) is 11.8 Å². The van der Waals surface area contributed by atoms with Crippen molar-refractivity contribution in [3.05, 3.63) is 28.7 Å². The molecule has 0 N–H and O–H groups in total. The molecule has 1 amide bonds. The highest BCUT2D eigenvalue weighted by molar-refractivity contribution is 9.10. The van der Waals surface area contributed by atoms with E-state index in [4.69, 9.17) is 4.74 Å². The molecule has 0 saturated carbocycles. The van der Waals surface area contributed by atoms with Crippen molar-refractivity contribution in [2.24, 2.45) is 5.92 Å². The number of rotatable bonds is 5. The summed E-state index contributed by atoms with van der Waals surface area (Å²) in [4.78, 5) is 27.0. The number of amides is 1. The maximum absolute atomic E-state index is 12.3. The van der Waals surface area contributed by atoms with Crippen molar-refractivity contribution in [2.45, 2.75) is 24.7 Å². The lowest BCUT2D eigenvalue weighted by Gasteiger charge is -2.31. The van der Waals surface area contributed by atoms with Gasteiger partial charge in [0.25, 0.3) is 0 Å². The summed E-state index contributed by atoms with van der Waals surface area (Å²) in [6.07, 6.45) is 1.67. The van der Waals surface area contributed by atoms with Crippen molar-refractivity contribution >= 4 is 39.6 Å². The van der Waals surface area contributed by atoms with Crippen molar-refractivity contribution in [3.63, 3.8) is 0 Å². The van der Waals surface area contributed by atoms with Crippen LogP contribution in [0.3, 0.4) is 0 Å². The number of nitrogens with zero attached hydrogens (tertiary/aromatic N) is 1. The Morgan fingerprint density at radius 3 is 2.77 bits per heavy atom. The molecule has 4 nitrogen and oxygen atoms in total. The van der Waals surface area contributed by atoms with Crippen LogP contribution < -0.4 is 0 Å². The molecule has 0 spiro atoms. The summed E-state index contributed by atoms with van der Waals surface area (Å²) in [7, 11) is 0. The van der Waals surface area contributed by atoms with Gasteiger partial charge in [-0.25, -0.2) is 0 Å². The smallest absolute Gasteiger partial charge is 0.310 e. The zero-order chi connectivity index (χ0) is 15.9. The first-order valence-electron chi connectivity index (χ1n) is 7.43. The van der Waals surface area contributed by atoms with Crippen LogP contribution in [0.15, 0.2) is 33.6 Å². The average Bonchev–Trinajstić information content (AvgIpc) is 2.54. The third kappa shape index (κ3) is 5.02. The zero-order valence-electron chi connectivity index (χ0n) is 12.6. The normalized spacial score (nSPS) is 18.1. The van der Waals surface area contributed by atoms with Crippen LogP contribution in [-0.2, 0) is 14.3 Å². The second-order valence-electron chi connectivity index (χ2n) is 5.17. The number of ether oxygens (including phenoxy) is 1. The van der Waals surface area contributed by atoms with E-state index < -0.39 is 0 Å². The van der Waals surface area contributed by atoms with Gasteiger partial charge in [0.15, 0.2) is 0 Å². The molecule has 1 aromatic rings. The number of likely N-dealkylation sites (tertiary alicyclic amines) is 1. The minimum absolute atomic E-state index is 0.0851. The number of esters is 1. The fourth-order valence-electron chi connectivity index (χ4n) is 2.42. The number of thioether (sulfide) groups is 1. The lowest BCUT2D eigenvalue weighted by atomic mass is 9.98. The number of hydrogen-bond acceptors (Lipinski definition) is 4. The number of carbonyl (C=O) groups excluding carboxylic acids is 2. The van der Waals surface area contributed by atoms with Gasteiger partial charge in [0.2, 0.25) is 5.91 Å². The molecule has 0 bridgehead atoms. The monoisotopic (exact) mass is 385 g/mol. The fraction of sp³-hybridized carbons (Fsp3) is 0.500. The van der Waals surface area contributed by atoms with E-state index in [1.54, 1.807) is 11.8 Å². The van der Waals surface area contributed by atoms with Gasteiger partial charge in [0.05, 0.1) is 18.3 Å². The van der Waals surface area contributed by atoms with Crippen molar-refractivity contribution in [3.8, 4) is 0 Å². The Morgan fingerprint density at radius 2 is 2.09 bits per heavy atom. The first kappa shape index (κ1) is 17.3. The summed E-state index contributed by atoms with van der Waals surface area (Å²) in [5.41, 5.74) is 0. The van der Waals surface area contributed by atoms with E-state index >= 15 is 0 Å². The molecule has 1 fully saturated rings. The maximum atomic E-state index is 12.3. The Balaban J connectivity index is 1.83. The number of hydrogen-bond donors (Lipinski definition) is 0. The van der Waals surface area contributed by atoms with Gasteiger partial charge < -0.3 is 9.64 Å². The molecule has 0 aromatic heterocycles. The summed E-state index contributed by atoms with van der Waals surface area (Å²) in [6, 6.07) is 7.90. The van der Waals surface area contributed by atoms with Crippen LogP contribution in [0.5, 0.6) is 0 Å². The molecule has 2 rings (SSSR count). The van der Waals surface area contributed by atoms with Gasteiger partial charge in [-0.1, -0.05) is 15.9 Å². The summed E-state index contributed by atoms with van der Waals surface area (Å²) in [5.74, 6) is 0.134. The highest BCUT2D eigenvalue weighted by atomic mass is 79.9. The van der Waals surface area contributed by atoms with Gasteiger partial charge in [-0.05, 0) is 44.0 Å². The van der Waals surface area contributed by atoms with E-state index in [9.17, 15) is 9.59 Å². The number of piperidine rings is 1. The van der Waals surface area contributed by atoms with E-state index in [1.165, 1.54) is 11.8 Å². The molecule has 0 aliphatic carbocycles. The van der Waals surface area contributed by atoms with Crippen LogP contribution in [0.2, 0.25) is 0 Å². The van der Waals surface area contributed by atoms with Crippen LogP contribution >= 0.6 is 27.7 Å². The molecule has 120 valence electrons. The average molecular weight is 386 g/mol. The van der Waals surface area contributed by atoms with E-state index in [-0.39, 0.29) is 17.8 Å². The Bertz CT molecular complexity index is 521. The Labute approximate surface area is 143 Å². The molecule has 1 aliphatic heterocycles. The van der Waals surface area contributed by atoms with Gasteiger partial charge in [0, 0.05) is 22.5 Å². The van der Waals surface area contributed by atoms with Gasteiger partial charge in [-0.2, -0.15) is 0 Å². The molecule has 1 saturated heterocycles. The van der Waals surface area contributed by atoms with Gasteiger partial charge >= 0.3 is 5.97 Å². The van der Waals surface area contributed by atoms with E-state index in [1.807, 2.05) is 24.3 Å². The van der Waals surface area contributed by atoms with Crippen molar-refractivity contribution in [2.75, 3.05) is 25.4 Å². The third-order valence-electron chi connectivity index (χ3n) is 3.57. The SMILES string of the molecule is CCOC(=O)[C@@H]1CCCN(C(=O)CSc2ccc(Br)cc2)C1. The van der Waals surface area contributed by atoms with Crippen LogP contribution in [0, 0.1) is 5.92 Å². The van der Waals surface area contributed by atoms with Crippen LogP contribution in [0.25, 0.3) is 0 Å². The highest BCUT2D eigenvalue weighted by Gasteiger charge is 2.29. The minimum Gasteiger partial charge on any atom is -0.466 e. The van der Waals surface area contributed by atoms with Crippen molar-refractivity contribution in [1.29, 1.82) is 0 Å². The summed E-state index contributed by atoms with van der Waals surface area (Å²) in [5, 5.41) is 0. The molecule has 1 heterocycles. The van der Waals surface area contributed by atoms with Gasteiger partial charge in [0.1, 0.15) is 0 Å². The molecule has 1 atom stereocenters. The Morgan fingerprint density at radius 1 is 1.36 bits per heavy atom. The van der Waals surface area contributed by atoms with Crippen molar-refractivity contribution < 1.29 is 14.3 Å². The van der Waals surface area contributed by atoms with Crippen molar-refractivity contribution in [1.82, 2.24) is 4.90 Å². The molecule has 0 radical (unpaired) electrons. The lowest BCUT2D eigenvalue weighted by Crippen LogP contribution is -2.43. The summed E-state index contributed by atoms with van der Waals surface area (Å²) < 4.78 is 6.09. The van der Waals surface area contributed by atoms with Crippen LogP contribution in [-0.4, -0.2) is 42.2 Å². The standard InChI is InChI=1S/C16H20BrNO3S/c1-2-21-16(20)12-4-3-9-18(10-12)15(19)11-22-14-7-5-13(17)6-8-14/h5-8,12H,2-4,9-11H2,1H3/t12-/m1/s1. The Hall–Kier alpha value is -1.01. The van der Waals surface area contributed by atoms with Crippen LogP contribution in [0.4, 0.5) is 0 Å². The largest absolute Gasteiger partial charge is 0.466 e. The Kier molecular flexibility index (Phi) is 6.76. The summed E-state index contributed by atoms with van der Waals surface area (Å²) in [6.45, 7) is 3.41. The fourth-order valence-corrected chi connectivity index (χ4v) is 3.49. The molecule has 0 unspecified atom stereocenters. The lowest BCUT2D eigenvalue weighted by molar-refractivity contribution is -0.151. The number of carbonyl (C=O) groups is 2. The maximum Gasteiger partial charge on any atom is 0.310 e. The first-order valence-corrected chi connectivity index (χ1v) is 9.20. The quantitative estimate of drug-likeness (QED) is 0.575. The molecule has 6 heteroatoms. The first-order chi connectivity index (χ1) is 10.6. The number of halogens is 1. The molecular formula is C16H20BrNO3S. The predicted molar refractivity (Wildman–Crippen MR) is 90.8 cm³/mol. The highest BCUT2D eigenvalue weighted by Crippen LogP contribution is 2.23. The van der Waals surface area contributed by atoms with Gasteiger partial charge in [-0.3, -0.25) is 9.59 Å². The zero-order valence-corrected chi connectivity index (χ0v) is 15.0. The second-order valence-corrected chi connectivity index (χ2v) is 7.14.